The Morgan fingerprint density at radius 2 is 2.00 bits per heavy atom. The van der Waals surface area contributed by atoms with Crippen LogP contribution in [0.3, 0.4) is 0 Å². The van der Waals surface area contributed by atoms with Crippen LogP contribution in [0.5, 0.6) is 0 Å². The van der Waals surface area contributed by atoms with Gasteiger partial charge in [0.2, 0.25) is 5.91 Å². The topological polar surface area (TPSA) is 49.0 Å². The SMILES string of the molecule is O=C(C=Cc1ccc(F)cc1)N1CCCC1c1nc2ccccc2[nH]1. The van der Waals surface area contributed by atoms with Gasteiger partial charge in [-0.15, -0.1) is 0 Å². The van der Waals surface area contributed by atoms with Gasteiger partial charge < -0.3 is 9.88 Å². The second-order valence-electron chi connectivity index (χ2n) is 6.21. The van der Waals surface area contributed by atoms with Gasteiger partial charge in [-0.2, -0.15) is 0 Å². The molecule has 3 aromatic rings. The molecule has 1 amide bonds. The molecule has 126 valence electrons. The second-order valence-corrected chi connectivity index (χ2v) is 6.21. The van der Waals surface area contributed by atoms with Crippen LogP contribution in [0.15, 0.2) is 54.6 Å². The van der Waals surface area contributed by atoms with E-state index in [1.165, 1.54) is 12.1 Å². The summed E-state index contributed by atoms with van der Waals surface area (Å²) >= 11 is 0. The average molecular weight is 335 g/mol. The van der Waals surface area contributed by atoms with Gasteiger partial charge in [0.05, 0.1) is 17.1 Å². The molecular formula is C20H18FN3O. The summed E-state index contributed by atoms with van der Waals surface area (Å²) in [6.07, 6.45) is 5.12. The van der Waals surface area contributed by atoms with Crippen molar-refractivity contribution < 1.29 is 9.18 Å². The van der Waals surface area contributed by atoms with Crippen LogP contribution in [0.2, 0.25) is 0 Å². The number of amides is 1. The molecule has 2 heterocycles. The Labute approximate surface area is 145 Å². The lowest BCUT2D eigenvalue weighted by Gasteiger charge is -2.21. The van der Waals surface area contributed by atoms with E-state index in [9.17, 15) is 9.18 Å². The lowest BCUT2D eigenvalue weighted by Crippen LogP contribution is -2.29. The van der Waals surface area contributed by atoms with Crippen LogP contribution in [0.4, 0.5) is 4.39 Å². The van der Waals surface area contributed by atoms with E-state index >= 15 is 0 Å². The molecule has 4 rings (SSSR count). The number of aromatic nitrogens is 2. The predicted octanol–water partition coefficient (Wildman–Crippen LogP) is 4.08. The highest BCUT2D eigenvalue weighted by Gasteiger charge is 2.30. The number of rotatable bonds is 3. The van der Waals surface area contributed by atoms with E-state index in [4.69, 9.17) is 0 Å². The molecule has 0 spiro atoms. The molecular weight excluding hydrogens is 317 g/mol. The molecule has 0 aliphatic carbocycles. The van der Waals surface area contributed by atoms with E-state index in [1.54, 1.807) is 24.3 Å². The number of benzene rings is 2. The third-order valence-electron chi connectivity index (χ3n) is 4.55. The van der Waals surface area contributed by atoms with Crippen molar-refractivity contribution in [3.8, 4) is 0 Å². The van der Waals surface area contributed by atoms with Crippen molar-refractivity contribution in [1.29, 1.82) is 0 Å². The van der Waals surface area contributed by atoms with Gasteiger partial charge in [-0.3, -0.25) is 4.79 Å². The normalized spacial score (nSPS) is 17.6. The summed E-state index contributed by atoms with van der Waals surface area (Å²) in [4.78, 5) is 22.4. The number of nitrogens with one attached hydrogen (secondary N) is 1. The number of para-hydroxylation sites is 2. The quantitative estimate of drug-likeness (QED) is 0.733. The van der Waals surface area contributed by atoms with Crippen molar-refractivity contribution in [3.05, 3.63) is 71.8 Å². The highest BCUT2D eigenvalue weighted by Crippen LogP contribution is 2.31. The Kier molecular flexibility index (Phi) is 4.06. The lowest BCUT2D eigenvalue weighted by atomic mass is 10.2. The Balaban J connectivity index is 1.54. The Hall–Kier alpha value is -2.95. The Morgan fingerprint density at radius 3 is 2.80 bits per heavy atom. The molecule has 1 aliphatic rings. The van der Waals surface area contributed by atoms with E-state index in [-0.39, 0.29) is 17.8 Å². The average Bonchev–Trinajstić information content (AvgIpc) is 3.27. The van der Waals surface area contributed by atoms with E-state index < -0.39 is 0 Å². The fraction of sp³-hybridized carbons (Fsp3) is 0.200. The van der Waals surface area contributed by atoms with Gasteiger partial charge in [0, 0.05) is 12.6 Å². The summed E-state index contributed by atoms with van der Waals surface area (Å²) in [5, 5.41) is 0. The van der Waals surface area contributed by atoms with Gasteiger partial charge in [0.25, 0.3) is 0 Å². The standard InChI is InChI=1S/C20H18FN3O/c21-15-10-7-14(8-11-15)9-12-19(25)24-13-3-6-18(24)20-22-16-4-1-2-5-17(16)23-20/h1-2,4-5,7-12,18H,3,6,13H2,(H,22,23). The monoisotopic (exact) mass is 335 g/mol. The molecule has 4 nitrogen and oxygen atoms in total. The van der Waals surface area contributed by atoms with E-state index in [0.29, 0.717) is 6.54 Å². The van der Waals surface area contributed by atoms with Gasteiger partial charge >= 0.3 is 0 Å². The fourth-order valence-corrected chi connectivity index (χ4v) is 3.28. The molecule has 2 aromatic carbocycles. The number of hydrogen-bond acceptors (Lipinski definition) is 2. The molecule has 1 fully saturated rings. The molecule has 1 atom stereocenters. The molecule has 0 saturated carbocycles. The number of H-pyrrole nitrogens is 1. The third-order valence-corrected chi connectivity index (χ3v) is 4.55. The van der Waals surface area contributed by atoms with Crippen molar-refractivity contribution >= 4 is 23.0 Å². The van der Waals surface area contributed by atoms with Gasteiger partial charge in [-0.1, -0.05) is 24.3 Å². The van der Waals surface area contributed by atoms with Crippen molar-refractivity contribution in [3.63, 3.8) is 0 Å². The molecule has 1 unspecified atom stereocenters. The van der Waals surface area contributed by atoms with Crippen molar-refractivity contribution in [2.24, 2.45) is 0 Å². The summed E-state index contributed by atoms with van der Waals surface area (Å²) in [5.41, 5.74) is 2.70. The maximum Gasteiger partial charge on any atom is 0.247 e. The summed E-state index contributed by atoms with van der Waals surface area (Å²) < 4.78 is 12.9. The van der Waals surface area contributed by atoms with Crippen molar-refractivity contribution in [2.75, 3.05) is 6.54 Å². The third kappa shape index (κ3) is 3.18. The van der Waals surface area contributed by atoms with Gasteiger partial charge in [-0.05, 0) is 48.7 Å². The zero-order valence-corrected chi connectivity index (χ0v) is 13.7. The lowest BCUT2D eigenvalue weighted by molar-refractivity contribution is -0.126. The summed E-state index contributed by atoms with van der Waals surface area (Å²) in [5.74, 6) is 0.502. The zero-order chi connectivity index (χ0) is 17.2. The molecule has 1 aliphatic heterocycles. The van der Waals surface area contributed by atoms with Crippen LogP contribution in [0, 0.1) is 5.82 Å². The molecule has 1 aromatic heterocycles. The number of fused-ring (bicyclic) bond motifs is 1. The summed E-state index contributed by atoms with van der Waals surface area (Å²) in [6.45, 7) is 0.717. The maximum absolute atomic E-state index is 12.9. The zero-order valence-electron chi connectivity index (χ0n) is 13.7. The molecule has 0 bridgehead atoms. The number of hydrogen-bond donors (Lipinski definition) is 1. The number of aromatic amines is 1. The van der Waals surface area contributed by atoms with E-state index in [0.717, 1.165) is 35.3 Å². The number of likely N-dealkylation sites (tertiary alicyclic amines) is 1. The van der Waals surface area contributed by atoms with Gasteiger partial charge in [0.1, 0.15) is 11.6 Å². The summed E-state index contributed by atoms with van der Waals surface area (Å²) in [7, 11) is 0. The highest BCUT2D eigenvalue weighted by molar-refractivity contribution is 5.92. The number of halogens is 1. The van der Waals surface area contributed by atoms with Gasteiger partial charge in [0.15, 0.2) is 0 Å². The number of nitrogens with zero attached hydrogens (tertiary/aromatic N) is 2. The number of carbonyl (C=O) groups is 1. The second kappa shape index (κ2) is 6.51. The first-order valence-corrected chi connectivity index (χ1v) is 8.39. The minimum atomic E-state index is -0.284. The van der Waals surface area contributed by atoms with Crippen molar-refractivity contribution in [2.45, 2.75) is 18.9 Å². The first-order chi connectivity index (χ1) is 12.2. The van der Waals surface area contributed by atoms with Crippen LogP contribution in [-0.2, 0) is 4.79 Å². The summed E-state index contributed by atoms with van der Waals surface area (Å²) in [6, 6.07) is 13.9. The molecule has 25 heavy (non-hydrogen) atoms. The van der Waals surface area contributed by atoms with Crippen LogP contribution in [0.1, 0.15) is 30.3 Å². The molecule has 5 heteroatoms. The van der Waals surface area contributed by atoms with E-state index in [1.807, 2.05) is 29.2 Å². The predicted molar refractivity (Wildman–Crippen MR) is 95.2 cm³/mol. The molecule has 1 saturated heterocycles. The van der Waals surface area contributed by atoms with Crippen LogP contribution >= 0.6 is 0 Å². The maximum atomic E-state index is 12.9. The molecule has 1 N–H and O–H groups in total. The van der Waals surface area contributed by atoms with Gasteiger partial charge in [-0.25, -0.2) is 9.37 Å². The smallest absolute Gasteiger partial charge is 0.247 e. The Bertz CT molecular complexity index is 897. The largest absolute Gasteiger partial charge is 0.340 e. The Morgan fingerprint density at radius 1 is 1.20 bits per heavy atom. The first kappa shape index (κ1) is 15.6. The first-order valence-electron chi connectivity index (χ1n) is 8.39. The minimum Gasteiger partial charge on any atom is -0.340 e. The van der Waals surface area contributed by atoms with E-state index in [2.05, 4.69) is 9.97 Å². The number of carbonyl (C=O) groups excluding carboxylic acids is 1. The van der Waals surface area contributed by atoms with Crippen LogP contribution in [-0.4, -0.2) is 27.3 Å². The fourth-order valence-electron chi connectivity index (χ4n) is 3.28. The van der Waals surface area contributed by atoms with Crippen LogP contribution < -0.4 is 0 Å². The minimum absolute atomic E-state index is 0.0298. The van der Waals surface area contributed by atoms with Crippen LogP contribution in [0.25, 0.3) is 17.1 Å². The molecule has 0 radical (unpaired) electrons. The number of imidazole rings is 1. The highest BCUT2D eigenvalue weighted by atomic mass is 19.1. The van der Waals surface area contributed by atoms with Crippen molar-refractivity contribution in [1.82, 2.24) is 14.9 Å².